The van der Waals surface area contributed by atoms with Crippen LogP contribution in [0.5, 0.6) is 0 Å². The monoisotopic (exact) mass is 422 g/mol. The summed E-state index contributed by atoms with van der Waals surface area (Å²) in [6.45, 7) is 0.286. The lowest BCUT2D eigenvalue weighted by Crippen LogP contribution is -2.38. The summed E-state index contributed by atoms with van der Waals surface area (Å²) in [4.78, 5) is 19.6. The molecule has 1 heterocycles. The van der Waals surface area contributed by atoms with Crippen LogP contribution in [0.25, 0.3) is 11.1 Å². The minimum absolute atomic E-state index is 0.135. The molecule has 0 saturated heterocycles. The predicted octanol–water partition coefficient (Wildman–Crippen LogP) is 6.37. The maximum atomic E-state index is 13.2. The molecule has 1 aliphatic carbocycles. The first-order valence-electron chi connectivity index (χ1n) is 8.82. The molecule has 27 heavy (non-hydrogen) atoms. The van der Waals surface area contributed by atoms with E-state index in [1.54, 1.807) is 36.4 Å². The Morgan fingerprint density at radius 2 is 1.78 bits per heavy atom. The molecule has 0 unspecified atom stereocenters. The summed E-state index contributed by atoms with van der Waals surface area (Å²) in [5.41, 5.74) is 1.77. The van der Waals surface area contributed by atoms with Gasteiger partial charge in [-0.1, -0.05) is 47.6 Å². The zero-order valence-electron chi connectivity index (χ0n) is 14.4. The summed E-state index contributed by atoms with van der Waals surface area (Å²) >= 11 is 18.3. The Kier molecular flexibility index (Phi) is 5.31. The third kappa shape index (κ3) is 3.93. The van der Waals surface area contributed by atoms with Gasteiger partial charge in [0.25, 0.3) is 5.91 Å². The minimum Gasteiger partial charge on any atom is -0.439 e. The number of rotatable bonds is 4. The number of carbonyl (C=O) groups excluding carboxylic acids is 1. The number of hydrogen-bond donors (Lipinski definition) is 0. The third-order valence-electron chi connectivity index (χ3n) is 4.89. The Hall–Kier alpha value is -1.75. The molecule has 1 aromatic heterocycles. The van der Waals surface area contributed by atoms with Gasteiger partial charge in [0.15, 0.2) is 5.58 Å². The van der Waals surface area contributed by atoms with E-state index in [1.165, 1.54) is 0 Å². The number of nitrogens with zero attached hydrogens (tertiary/aromatic N) is 2. The highest BCUT2D eigenvalue weighted by Gasteiger charge is 2.30. The number of oxazole rings is 1. The van der Waals surface area contributed by atoms with E-state index in [-0.39, 0.29) is 18.5 Å². The predicted molar refractivity (Wildman–Crippen MR) is 108 cm³/mol. The SMILES string of the molecule is O=C(c1ccc(Cl)cc1Cl)N(Cc1nc2cc(Cl)ccc2o1)C1CCCC1. The van der Waals surface area contributed by atoms with E-state index in [2.05, 4.69) is 4.98 Å². The van der Waals surface area contributed by atoms with E-state index in [0.29, 0.717) is 37.6 Å². The van der Waals surface area contributed by atoms with Crippen LogP contribution in [0.1, 0.15) is 41.9 Å². The molecule has 0 bridgehead atoms. The number of fused-ring (bicyclic) bond motifs is 1. The van der Waals surface area contributed by atoms with Gasteiger partial charge in [0.2, 0.25) is 5.89 Å². The van der Waals surface area contributed by atoms with Crippen molar-refractivity contribution in [2.24, 2.45) is 0 Å². The molecule has 0 spiro atoms. The molecular formula is C20H17Cl3N2O2. The van der Waals surface area contributed by atoms with Gasteiger partial charge in [0.1, 0.15) is 5.52 Å². The van der Waals surface area contributed by atoms with Gasteiger partial charge in [0, 0.05) is 16.1 Å². The average molecular weight is 424 g/mol. The van der Waals surface area contributed by atoms with Gasteiger partial charge in [-0.2, -0.15) is 0 Å². The van der Waals surface area contributed by atoms with Crippen molar-refractivity contribution in [2.45, 2.75) is 38.3 Å². The number of hydrogen-bond acceptors (Lipinski definition) is 3. The molecule has 1 amide bonds. The van der Waals surface area contributed by atoms with Gasteiger partial charge in [0.05, 0.1) is 17.1 Å². The van der Waals surface area contributed by atoms with E-state index in [9.17, 15) is 4.79 Å². The Bertz CT molecular complexity index is 996. The van der Waals surface area contributed by atoms with Crippen molar-refractivity contribution < 1.29 is 9.21 Å². The highest BCUT2D eigenvalue weighted by molar-refractivity contribution is 6.36. The van der Waals surface area contributed by atoms with Crippen LogP contribution in [0.4, 0.5) is 0 Å². The second-order valence-electron chi connectivity index (χ2n) is 6.72. The smallest absolute Gasteiger partial charge is 0.256 e. The van der Waals surface area contributed by atoms with E-state index in [4.69, 9.17) is 39.2 Å². The summed E-state index contributed by atoms with van der Waals surface area (Å²) < 4.78 is 5.83. The Morgan fingerprint density at radius 1 is 1.07 bits per heavy atom. The second kappa shape index (κ2) is 7.70. The van der Waals surface area contributed by atoms with E-state index < -0.39 is 0 Å². The van der Waals surface area contributed by atoms with Gasteiger partial charge in [-0.25, -0.2) is 4.98 Å². The summed E-state index contributed by atoms with van der Waals surface area (Å²) in [6, 6.07) is 10.4. The van der Waals surface area contributed by atoms with Gasteiger partial charge in [-0.05, 0) is 49.2 Å². The Labute approximate surface area is 172 Å². The van der Waals surface area contributed by atoms with Crippen molar-refractivity contribution in [3.8, 4) is 0 Å². The van der Waals surface area contributed by atoms with Crippen LogP contribution in [-0.2, 0) is 6.54 Å². The highest BCUT2D eigenvalue weighted by Crippen LogP contribution is 2.30. The standard InChI is InChI=1S/C20H17Cl3N2O2/c21-12-5-7-15(16(23)9-12)20(26)25(14-3-1-2-4-14)11-19-24-17-10-13(22)6-8-18(17)27-19/h5-10,14H,1-4,11H2. The van der Waals surface area contributed by atoms with Crippen LogP contribution >= 0.6 is 34.8 Å². The normalized spacial score (nSPS) is 14.8. The lowest BCUT2D eigenvalue weighted by Gasteiger charge is -2.28. The second-order valence-corrected chi connectivity index (χ2v) is 8.00. The Morgan fingerprint density at radius 3 is 2.52 bits per heavy atom. The van der Waals surface area contributed by atoms with E-state index >= 15 is 0 Å². The molecule has 4 rings (SSSR count). The van der Waals surface area contributed by atoms with Crippen molar-refractivity contribution in [1.82, 2.24) is 9.88 Å². The molecule has 1 fully saturated rings. The topological polar surface area (TPSA) is 46.3 Å². The van der Waals surface area contributed by atoms with Crippen LogP contribution in [-0.4, -0.2) is 21.8 Å². The van der Waals surface area contributed by atoms with Crippen LogP contribution in [0.3, 0.4) is 0 Å². The van der Waals surface area contributed by atoms with Crippen molar-refractivity contribution in [3.63, 3.8) is 0 Å². The van der Waals surface area contributed by atoms with E-state index in [1.807, 2.05) is 4.90 Å². The van der Waals surface area contributed by atoms with Crippen LogP contribution < -0.4 is 0 Å². The fraction of sp³-hybridized carbons (Fsp3) is 0.300. The third-order valence-corrected chi connectivity index (χ3v) is 5.67. The van der Waals surface area contributed by atoms with Crippen molar-refractivity contribution in [3.05, 3.63) is 62.9 Å². The molecule has 3 aromatic rings. The quantitative estimate of drug-likeness (QED) is 0.489. The highest BCUT2D eigenvalue weighted by atomic mass is 35.5. The number of benzene rings is 2. The van der Waals surface area contributed by atoms with Crippen LogP contribution in [0, 0.1) is 0 Å². The molecule has 7 heteroatoms. The van der Waals surface area contributed by atoms with Crippen molar-refractivity contribution in [1.29, 1.82) is 0 Å². The lowest BCUT2D eigenvalue weighted by atomic mass is 10.1. The fourth-order valence-electron chi connectivity index (χ4n) is 3.56. The molecule has 0 radical (unpaired) electrons. The zero-order chi connectivity index (χ0) is 19.0. The van der Waals surface area contributed by atoms with Crippen molar-refractivity contribution >= 4 is 51.8 Å². The molecule has 4 nitrogen and oxygen atoms in total. The number of amides is 1. The molecule has 0 atom stereocenters. The van der Waals surface area contributed by atoms with Gasteiger partial charge in [-0.15, -0.1) is 0 Å². The fourth-order valence-corrected chi connectivity index (χ4v) is 4.22. The molecule has 0 N–H and O–H groups in total. The van der Waals surface area contributed by atoms with E-state index in [0.717, 1.165) is 25.7 Å². The van der Waals surface area contributed by atoms with Gasteiger partial charge >= 0.3 is 0 Å². The maximum Gasteiger partial charge on any atom is 0.256 e. The van der Waals surface area contributed by atoms with Crippen molar-refractivity contribution in [2.75, 3.05) is 0 Å². The number of halogens is 3. The molecule has 1 aliphatic rings. The molecule has 0 aliphatic heterocycles. The number of aromatic nitrogens is 1. The van der Waals surface area contributed by atoms with Crippen LogP contribution in [0.15, 0.2) is 40.8 Å². The van der Waals surface area contributed by atoms with Gasteiger partial charge in [-0.3, -0.25) is 4.79 Å². The maximum absolute atomic E-state index is 13.2. The zero-order valence-corrected chi connectivity index (χ0v) is 16.7. The van der Waals surface area contributed by atoms with Crippen LogP contribution in [0.2, 0.25) is 15.1 Å². The van der Waals surface area contributed by atoms with Gasteiger partial charge < -0.3 is 9.32 Å². The molecular weight excluding hydrogens is 407 g/mol. The first-order chi connectivity index (χ1) is 13.0. The number of carbonyl (C=O) groups is 1. The lowest BCUT2D eigenvalue weighted by molar-refractivity contribution is 0.0646. The summed E-state index contributed by atoms with van der Waals surface area (Å²) in [7, 11) is 0. The summed E-state index contributed by atoms with van der Waals surface area (Å²) in [5.74, 6) is 0.349. The minimum atomic E-state index is -0.135. The first kappa shape index (κ1) is 18.6. The Balaban J connectivity index is 1.66. The summed E-state index contributed by atoms with van der Waals surface area (Å²) in [6.07, 6.45) is 4.13. The summed E-state index contributed by atoms with van der Waals surface area (Å²) in [5, 5.41) is 1.44. The molecule has 2 aromatic carbocycles. The first-order valence-corrected chi connectivity index (χ1v) is 9.95. The average Bonchev–Trinajstić information content (AvgIpc) is 3.28. The largest absolute Gasteiger partial charge is 0.439 e. The molecule has 1 saturated carbocycles. The molecule has 140 valence electrons.